The molecule has 2 saturated heterocycles. The third kappa shape index (κ3) is 20.1. The molecule has 18 N–H and O–H groups in total. The lowest BCUT2D eigenvalue weighted by Gasteiger charge is -2.30. The molecule has 30 nitrogen and oxygen atoms in total. The second-order valence-corrected chi connectivity index (χ2v) is 24.4. The van der Waals surface area contributed by atoms with Gasteiger partial charge in [-0.3, -0.25) is 62.7 Å². The fourth-order valence-corrected chi connectivity index (χ4v) is 11.7. The molecule has 4 heterocycles. The van der Waals surface area contributed by atoms with Gasteiger partial charge in [-0.1, -0.05) is 86.6 Å². The second kappa shape index (κ2) is 33.9. The molecule has 0 bridgehead atoms. The van der Waals surface area contributed by atoms with Crippen LogP contribution in [0.15, 0.2) is 112 Å². The molecule has 11 amide bonds. The molecular weight excluding hydrogens is 1240 g/mol. The quantitative estimate of drug-likeness (QED) is 0.0126. The summed E-state index contributed by atoms with van der Waals surface area (Å²) in [6.07, 6.45) is 4.85. The Labute approximate surface area is 552 Å². The number of aliphatic hydroxyl groups excluding tert-OH is 1. The van der Waals surface area contributed by atoms with Crippen molar-refractivity contribution in [2.75, 3.05) is 26.2 Å². The Kier molecular flexibility index (Phi) is 25.1. The highest BCUT2D eigenvalue weighted by atomic mass is 16.3. The molecule has 30 heteroatoms. The smallest absolute Gasteiger partial charge is 0.245 e. The Hall–Kier alpha value is -10.8. The van der Waals surface area contributed by atoms with Crippen molar-refractivity contribution in [3.8, 4) is 5.75 Å². The van der Waals surface area contributed by atoms with Gasteiger partial charge in [-0.2, -0.15) is 0 Å². The van der Waals surface area contributed by atoms with Gasteiger partial charge in [-0.05, 0) is 90.1 Å². The highest BCUT2D eigenvalue weighted by molar-refractivity contribution is 6.00. The molecule has 96 heavy (non-hydrogen) atoms. The molecule has 8 rings (SSSR count). The number of nitrogens with two attached hydrogens (primary N) is 3. The predicted octanol–water partition coefficient (Wildman–Crippen LogP) is -1.72. The molecule has 10 unspecified atom stereocenters. The number of primary amides is 1. The number of hydrogen-bond acceptors (Lipinski definition) is 16. The number of benzene rings is 4. The fourth-order valence-electron chi connectivity index (χ4n) is 11.7. The van der Waals surface area contributed by atoms with Gasteiger partial charge in [-0.25, -0.2) is 4.99 Å². The Morgan fingerprint density at radius 1 is 0.677 bits per heavy atom. The maximum atomic E-state index is 15.1. The van der Waals surface area contributed by atoms with E-state index in [-0.39, 0.29) is 101 Å². The molecule has 0 spiro atoms. The largest absolute Gasteiger partial charge is 0.508 e. The van der Waals surface area contributed by atoms with Crippen molar-refractivity contribution in [3.05, 3.63) is 114 Å². The molecular formula is C66H83N17O13. The maximum absolute atomic E-state index is 15.1. The number of carbonyl (C=O) groups excluding carboxylic acids is 11. The molecule has 0 saturated carbocycles. The Morgan fingerprint density at radius 3 is 1.93 bits per heavy atom. The monoisotopic (exact) mass is 1320 g/mol. The number of para-hydroxylation sites is 1. The zero-order valence-corrected chi connectivity index (χ0v) is 53.3. The van der Waals surface area contributed by atoms with E-state index in [2.05, 4.69) is 67.8 Å². The van der Waals surface area contributed by atoms with Gasteiger partial charge in [0.15, 0.2) is 5.96 Å². The minimum atomic E-state index is -1.80. The molecule has 0 radical (unpaired) electrons. The van der Waals surface area contributed by atoms with Crippen LogP contribution in [-0.2, 0) is 72.0 Å². The van der Waals surface area contributed by atoms with Gasteiger partial charge in [0.2, 0.25) is 65.0 Å². The average Bonchev–Trinajstić information content (AvgIpc) is 1.91. The number of phenols is 1. The summed E-state index contributed by atoms with van der Waals surface area (Å²) in [4.78, 5) is 170. The number of likely N-dealkylation sites (tertiary alicyclic amines) is 1. The lowest BCUT2D eigenvalue weighted by molar-refractivity contribution is -0.142. The van der Waals surface area contributed by atoms with Crippen molar-refractivity contribution in [1.29, 1.82) is 0 Å². The van der Waals surface area contributed by atoms with Crippen molar-refractivity contribution < 1.29 is 63.0 Å². The van der Waals surface area contributed by atoms with Gasteiger partial charge in [0.05, 0.1) is 19.2 Å². The van der Waals surface area contributed by atoms with Crippen molar-refractivity contribution in [2.24, 2.45) is 38.1 Å². The first-order valence-corrected chi connectivity index (χ1v) is 31.8. The number of hydrogen-bond donors (Lipinski definition) is 15. The van der Waals surface area contributed by atoms with E-state index in [4.69, 9.17) is 17.2 Å². The number of aliphatic hydroxyl groups is 1. The van der Waals surface area contributed by atoms with Crippen LogP contribution in [0.1, 0.15) is 81.9 Å². The third-order valence-corrected chi connectivity index (χ3v) is 16.6. The fraction of sp³-hybridized carbons (Fsp3) is 0.424. The van der Waals surface area contributed by atoms with Gasteiger partial charge in [0, 0.05) is 68.5 Å². The van der Waals surface area contributed by atoms with Crippen LogP contribution in [-0.4, -0.2) is 190 Å². The second-order valence-electron chi connectivity index (χ2n) is 24.4. The zero-order chi connectivity index (χ0) is 69.0. The number of aromatic hydroxyl groups is 1. The van der Waals surface area contributed by atoms with Crippen LogP contribution in [0.25, 0.3) is 21.7 Å². The molecule has 5 aromatic rings. The minimum Gasteiger partial charge on any atom is -0.508 e. The molecule has 4 aromatic carbocycles. The zero-order valence-electron chi connectivity index (χ0n) is 53.3. The lowest BCUT2D eigenvalue weighted by atomic mass is 9.98. The number of phenolic OH excluding ortho intramolecular Hbond substituents is 1. The number of rotatable bonds is 33. The summed E-state index contributed by atoms with van der Waals surface area (Å²) >= 11 is 0. The van der Waals surface area contributed by atoms with E-state index in [9.17, 15) is 53.4 Å². The molecule has 0 aliphatic carbocycles. The molecule has 3 aliphatic rings. The predicted molar refractivity (Wildman–Crippen MR) is 355 cm³/mol. The van der Waals surface area contributed by atoms with Crippen LogP contribution in [0.3, 0.4) is 0 Å². The van der Waals surface area contributed by atoms with Crippen LogP contribution in [0.4, 0.5) is 0 Å². The molecule has 1 aromatic heterocycles. The van der Waals surface area contributed by atoms with Crippen molar-refractivity contribution in [3.63, 3.8) is 0 Å². The first-order chi connectivity index (χ1) is 46.0. The van der Waals surface area contributed by atoms with Gasteiger partial charge < -0.3 is 85.1 Å². The number of fused-ring (bicyclic) bond motifs is 2. The van der Waals surface area contributed by atoms with Crippen molar-refractivity contribution >= 4 is 105 Å². The SMILES string of the molecule is CC(C)CC(NC(=O)C(Cc1ccc2ccccc2c1)NC(=O)C(Cc1ccc(O)cc1)NC(=O)C(CO)NC(=O)C(Cc1c[nH]c2ccccc12)NC(=O)C(CC1C=NC=N1)NC(=O)C1CCC(=O)N1)C(=O)NC(CCCN=C(N)N)C(=O)N1CCCC1C(=O)NCC(N)=O. The summed E-state index contributed by atoms with van der Waals surface area (Å²) in [5, 5.41) is 47.5. The summed E-state index contributed by atoms with van der Waals surface area (Å²) in [6, 6.07) is 12.8. The minimum absolute atomic E-state index is 0.00791. The molecule has 2 fully saturated rings. The summed E-state index contributed by atoms with van der Waals surface area (Å²) in [5.41, 5.74) is 18.7. The highest BCUT2D eigenvalue weighted by Gasteiger charge is 2.40. The summed E-state index contributed by atoms with van der Waals surface area (Å²) in [7, 11) is 0. The van der Waals surface area contributed by atoms with Gasteiger partial charge in [0.1, 0.15) is 66.5 Å². The first kappa shape index (κ1) is 71.1. The number of guanidine groups is 1. The topological polar surface area (TPSA) is 471 Å². The number of aromatic nitrogens is 1. The highest BCUT2D eigenvalue weighted by Crippen LogP contribution is 2.23. The molecule has 10 atom stereocenters. The number of amides is 11. The lowest BCUT2D eigenvalue weighted by Crippen LogP contribution is -2.61. The van der Waals surface area contributed by atoms with Crippen LogP contribution in [0, 0.1) is 5.92 Å². The van der Waals surface area contributed by atoms with E-state index in [1.165, 1.54) is 41.7 Å². The van der Waals surface area contributed by atoms with Crippen molar-refractivity contribution in [1.82, 2.24) is 57.7 Å². The maximum Gasteiger partial charge on any atom is 0.245 e. The number of nitrogens with one attached hydrogen (secondary N) is 10. The third-order valence-electron chi connectivity index (χ3n) is 16.6. The van der Waals surface area contributed by atoms with E-state index < -0.39 is 133 Å². The Morgan fingerprint density at radius 2 is 1.28 bits per heavy atom. The normalized spacial score (nSPS) is 17.8. The van der Waals surface area contributed by atoms with Gasteiger partial charge in [-0.15, -0.1) is 0 Å². The first-order valence-electron chi connectivity index (χ1n) is 31.8. The van der Waals surface area contributed by atoms with Crippen LogP contribution >= 0.6 is 0 Å². The number of nitrogens with zero attached hydrogens (tertiary/aromatic N) is 4. The van der Waals surface area contributed by atoms with E-state index in [1.807, 2.05) is 36.4 Å². The van der Waals surface area contributed by atoms with E-state index in [0.717, 1.165) is 10.8 Å². The number of H-pyrrole nitrogens is 1. The van der Waals surface area contributed by atoms with Gasteiger partial charge >= 0.3 is 0 Å². The van der Waals surface area contributed by atoms with E-state index >= 15 is 9.59 Å². The van der Waals surface area contributed by atoms with Crippen LogP contribution < -0.4 is 65.1 Å². The summed E-state index contributed by atoms with van der Waals surface area (Å²) < 4.78 is 0. The van der Waals surface area contributed by atoms with Crippen molar-refractivity contribution in [2.45, 2.75) is 145 Å². The molecule has 3 aliphatic heterocycles. The Balaban J connectivity index is 1.05. The van der Waals surface area contributed by atoms with Crippen LogP contribution in [0.2, 0.25) is 0 Å². The average molecular weight is 1320 g/mol. The number of aliphatic imine (C=N–C) groups is 3. The van der Waals surface area contributed by atoms with E-state index in [1.54, 1.807) is 50.4 Å². The number of carbonyl (C=O) groups is 11. The standard InChI is InChI=1S/C66H83N17O13/c1-36(2)25-48(58(89)76-47(13-7-23-71-66(68)69)65(96)83-24-8-14-54(83)64(95)73-33-55(67)86)77-60(91)50(28-38-15-18-39-9-3-4-10-40(39)26-38)78-59(90)49(27-37-16-19-43(85)20-17-37)79-63(94)53(34-84)82-61(92)51(29-41-31-72-45-12-6-5-11-44(41)45)80-62(93)52(30-42-32-70-35-74-42)81-57(88)46-21-22-56(87)75-46/h3-6,9-12,15-20,26,31-32,35-36,42,46-54,72,84-85H,7-8,13-14,21-25,27-30,33-34H2,1-2H3,(H2,67,86)(H,73,95)(H,75,87)(H,76,89)(H,77,91)(H,78,90)(H,79,94)(H,80,93)(H,81,88)(H,82,92)(H4,68,69,71). The summed E-state index contributed by atoms with van der Waals surface area (Å²) in [6.45, 7) is 2.33. The number of aromatic amines is 1. The molecule has 510 valence electrons. The van der Waals surface area contributed by atoms with Gasteiger partial charge in [0.25, 0.3) is 0 Å². The summed E-state index contributed by atoms with van der Waals surface area (Å²) in [5.74, 6) is -9.02. The van der Waals surface area contributed by atoms with E-state index in [0.29, 0.717) is 34.0 Å². The van der Waals surface area contributed by atoms with Crippen LogP contribution in [0.5, 0.6) is 5.75 Å². The Bertz CT molecular complexity index is 3750.